The van der Waals surface area contributed by atoms with Crippen molar-refractivity contribution < 1.29 is 19.3 Å². The van der Waals surface area contributed by atoms with E-state index < -0.39 is 6.10 Å². The summed E-state index contributed by atoms with van der Waals surface area (Å²) in [5, 5.41) is 10.6. The van der Waals surface area contributed by atoms with Crippen LogP contribution in [0, 0.1) is 0 Å². The number of benzene rings is 1. The lowest BCUT2D eigenvalue weighted by Gasteiger charge is -2.22. The predicted octanol–water partition coefficient (Wildman–Crippen LogP) is 4.20. The lowest BCUT2D eigenvalue weighted by Crippen LogP contribution is -2.27. The van der Waals surface area contributed by atoms with Gasteiger partial charge >= 0.3 is 0 Å². The predicted molar refractivity (Wildman–Crippen MR) is 104 cm³/mol. The van der Waals surface area contributed by atoms with Gasteiger partial charge in [-0.05, 0) is 44.4 Å². The molecular weight excluding hydrogens is 328 g/mol. The number of aliphatic hydroxyl groups is 1. The van der Waals surface area contributed by atoms with Crippen molar-refractivity contribution in [3.05, 3.63) is 65.8 Å². The van der Waals surface area contributed by atoms with Gasteiger partial charge in [-0.25, -0.2) is 0 Å². The van der Waals surface area contributed by atoms with Gasteiger partial charge in [0.2, 0.25) is 0 Å². The number of ether oxygens (including phenoxy) is 3. The molecule has 1 aromatic carbocycles. The molecule has 142 valence electrons. The second-order valence-electron chi connectivity index (χ2n) is 6.50. The van der Waals surface area contributed by atoms with Crippen molar-refractivity contribution in [2.24, 2.45) is 0 Å². The fourth-order valence-corrected chi connectivity index (χ4v) is 2.76. The van der Waals surface area contributed by atoms with Gasteiger partial charge in [-0.2, -0.15) is 0 Å². The van der Waals surface area contributed by atoms with E-state index in [1.54, 1.807) is 13.2 Å². The summed E-state index contributed by atoms with van der Waals surface area (Å²) in [6.07, 6.45) is 10.4. The minimum atomic E-state index is -0.681. The van der Waals surface area contributed by atoms with Gasteiger partial charge in [0, 0.05) is 0 Å². The minimum Gasteiger partial charge on any atom is -0.497 e. The van der Waals surface area contributed by atoms with Crippen LogP contribution < -0.4 is 4.74 Å². The summed E-state index contributed by atoms with van der Waals surface area (Å²) in [5.41, 5.74) is 2.37. The molecule has 1 aromatic rings. The Balaban J connectivity index is 1.92. The lowest BCUT2D eigenvalue weighted by atomic mass is 10.0. The van der Waals surface area contributed by atoms with Crippen LogP contribution in [0.4, 0.5) is 0 Å². The molecule has 0 amide bonds. The maximum atomic E-state index is 10.6. The number of hydrogen-bond acceptors (Lipinski definition) is 4. The summed E-state index contributed by atoms with van der Waals surface area (Å²) in [6, 6.07) is 7.76. The van der Waals surface area contributed by atoms with E-state index >= 15 is 0 Å². The Morgan fingerprint density at radius 1 is 1.31 bits per heavy atom. The third kappa shape index (κ3) is 6.79. The van der Waals surface area contributed by atoms with Crippen LogP contribution >= 0.6 is 0 Å². The largest absolute Gasteiger partial charge is 0.497 e. The van der Waals surface area contributed by atoms with Gasteiger partial charge in [-0.15, -0.1) is 0 Å². The summed E-state index contributed by atoms with van der Waals surface area (Å²) < 4.78 is 16.8. The molecule has 1 aliphatic heterocycles. The zero-order chi connectivity index (χ0) is 18.8. The Morgan fingerprint density at radius 3 is 2.73 bits per heavy atom. The molecule has 0 saturated carbocycles. The first-order valence-corrected chi connectivity index (χ1v) is 9.11. The summed E-state index contributed by atoms with van der Waals surface area (Å²) in [4.78, 5) is 0. The molecule has 1 unspecified atom stereocenters. The molecule has 3 atom stereocenters. The van der Waals surface area contributed by atoms with Crippen molar-refractivity contribution >= 4 is 0 Å². The van der Waals surface area contributed by atoms with Crippen LogP contribution in [-0.2, 0) is 16.1 Å². The molecular formula is C22H30O4. The Kier molecular flexibility index (Phi) is 8.62. The number of aliphatic hydroxyl groups excluding tert-OH is 1. The van der Waals surface area contributed by atoms with E-state index in [4.69, 9.17) is 14.2 Å². The lowest BCUT2D eigenvalue weighted by molar-refractivity contribution is -0.0251. The zero-order valence-electron chi connectivity index (χ0n) is 15.9. The van der Waals surface area contributed by atoms with Crippen molar-refractivity contribution in [1.29, 1.82) is 0 Å². The first-order valence-electron chi connectivity index (χ1n) is 9.11. The molecule has 2 rings (SSSR count). The van der Waals surface area contributed by atoms with E-state index in [0.717, 1.165) is 17.7 Å². The van der Waals surface area contributed by atoms with E-state index in [2.05, 4.69) is 13.0 Å². The highest BCUT2D eigenvalue weighted by Crippen LogP contribution is 2.18. The zero-order valence-corrected chi connectivity index (χ0v) is 15.9. The molecule has 1 aliphatic rings. The van der Waals surface area contributed by atoms with Crippen LogP contribution in [0.1, 0.15) is 32.3 Å². The third-order valence-corrected chi connectivity index (χ3v) is 4.40. The molecule has 4 heteroatoms. The summed E-state index contributed by atoms with van der Waals surface area (Å²) in [6.45, 7) is 5.14. The van der Waals surface area contributed by atoms with E-state index in [0.29, 0.717) is 19.6 Å². The van der Waals surface area contributed by atoms with Gasteiger partial charge in [0.15, 0.2) is 0 Å². The van der Waals surface area contributed by atoms with Crippen LogP contribution in [0.25, 0.3) is 0 Å². The first kappa shape index (κ1) is 20.4. The van der Waals surface area contributed by atoms with Crippen LogP contribution in [0.3, 0.4) is 0 Å². The molecule has 26 heavy (non-hydrogen) atoms. The quantitative estimate of drug-likeness (QED) is 0.672. The average Bonchev–Trinajstić information content (AvgIpc) is 2.66. The third-order valence-electron chi connectivity index (χ3n) is 4.40. The summed E-state index contributed by atoms with van der Waals surface area (Å²) in [5.74, 6) is 0.819. The maximum Gasteiger partial charge on any atom is 0.118 e. The Morgan fingerprint density at radius 2 is 2.08 bits per heavy atom. The van der Waals surface area contributed by atoms with Gasteiger partial charge < -0.3 is 19.3 Å². The molecule has 0 fully saturated rings. The fourth-order valence-electron chi connectivity index (χ4n) is 2.76. The fraction of sp³-hybridized carbons (Fsp3) is 0.455. The number of rotatable bonds is 9. The molecule has 0 bridgehead atoms. The maximum absolute atomic E-state index is 10.6. The average molecular weight is 358 g/mol. The van der Waals surface area contributed by atoms with Gasteiger partial charge in [0.1, 0.15) is 5.75 Å². The molecule has 0 radical (unpaired) electrons. The molecule has 0 saturated heterocycles. The highest BCUT2D eigenvalue weighted by molar-refractivity contribution is 5.26. The van der Waals surface area contributed by atoms with E-state index in [1.165, 1.54) is 5.57 Å². The standard InChI is InChI=1S/C22H30O4/c1-4-5-6-22(26-16-18-7-9-19(24-3)10-8-18)21(23)12-11-20-15-17(2)13-14-25-20/h4-5,7-13,20-23H,6,14-16H2,1-3H3/t20-,21?,22+/m1/s1. The molecule has 0 aliphatic carbocycles. The van der Waals surface area contributed by atoms with Gasteiger partial charge in [-0.1, -0.05) is 48.1 Å². The van der Waals surface area contributed by atoms with E-state index in [1.807, 2.05) is 49.4 Å². The van der Waals surface area contributed by atoms with Gasteiger partial charge in [0.25, 0.3) is 0 Å². The van der Waals surface area contributed by atoms with Gasteiger partial charge in [0.05, 0.1) is 38.6 Å². The molecule has 0 aromatic heterocycles. The minimum absolute atomic E-state index is 0.0265. The second kappa shape index (κ2) is 11.0. The van der Waals surface area contributed by atoms with Crippen LogP contribution in [0.15, 0.2) is 60.2 Å². The number of allylic oxidation sites excluding steroid dienone is 1. The first-order chi connectivity index (χ1) is 12.6. The van der Waals surface area contributed by atoms with Crippen LogP contribution in [-0.4, -0.2) is 37.1 Å². The molecule has 1 N–H and O–H groups in total. The summed E-state index contributed by atoms with van der Waals surface area (Å²) >= 11 is 0. The second-order valence-corrected chi connectivity index (χ2v) is 6.50. The number of hydrogen-bond donors (Lipinski definition) is 1. The van der Waals surface area contributed by atoms with Gasteiger partial charge in [-0.3, -0.25) is 0 Å². The topological polar surface area (TPSA) is 47.9 Å². The van der Waals surface area contributed by atoms with E-state index in [-0.39, 0.29) is 12.2 Å². The van der Waals surface area contributed by atoms with Crippen LogP contribution in [0.2, 0.25) is 0 Å². The number of methoxy groups -OCH3 is 1. The molecule has 0 spiro atoms. The van der Waals surface area contributed by atoms with Crippen molar-refractivity contribution in [2.45, 2.75) is 51.6 Å². The Bertz CT molecular complexity index is 616. The van der Waals surface area contributed by atoms with Crippen molar-refractivity contribution in [3.63, 3.8) is 0 Å². The smallest absolute Gasteiger partial charge is 0.118 e. The van der Waals surface area contributed by atoms with E-state index in [9.17, 15) is 5.11 Å². The normalized spacial score (nSPS) is 20.3. The van der Waals surface area contributed by atoms with Crippen molar-refractivity contribution in [1.82, 2.24) is 0 Å². The Labute approximate surface area is 156 Å². The molecule has 1 heterocycles. The molecule has 4 nitrogen and oxygen atoms in total. The highest BCUT2D eigenvalue weighted by Gasteiger charge is 2.18. The van der Waals surface area contributed by atoms with Crippen LogP contribution in [0.5, 0.6) is 5.75 Å². The summed E-state index contributed by atoms with van der Waals surface area (Å²) in [7, 11) is 1.65. The SMILES string of the molecule is CC=CC[C@H](OCc1ccc(OC)cc1)C(O)C=C[C@@H]1CC(C)=CCO1. The monoisotopic (exact) mass is 358 g/mol. The van der Waals surface area contributed by atoms with Crippen molar-refractivity contribution in [2.75, 3.05) is 13.7 Å². The highest BCUT2D eigenvalue weighted by atomic mass is 16.5. The van der Waals surface area contributed by atoms with Crippen molar-refractivity contribution in [3.8, 4) is 5.75 Å². The Hall–Kier alpha value is -1.88.